The van der Waals surface area contributed by atoms with Crippen molar-refractivity contribution in [2.45, 2.75) is 36.5 Å². The van der Waals surface area contributed by atoms with E-state index < -0.39 is 12.0 Å². The van der Waals surface area contributed by atoms with Gasteiger partial charge >= 0.3 is 5.97 Å². The third-order valence-electron chi connectivity index (χ3n) is 6.41. The van der Waals surface area contributed by atoms with E-state index in [0.717, 1.165) is 35.3 Å². The zero-order valence-corrected chi connectivity index (χ0v) is 20.6. The molecule has 2 unspecified atom stereocenters. The normalized spacial score (nSPS) is 17.5. The maximum absolute atomic E-state index is 13.9. The van der Waals surface area contributed by atoms with Gasteiger partial charge in [0.25, 0.3) is 0 Å². The molecular weight excluding hydrogens is 461 g/mol. The third kappa shape index (κ3) is 6.31. The number of likely N-dealkylation sites (tertiary alicyclic amines) is 1. The number of thioether (sulfide) groups is 1. The number of aryl methyl sites for hydroxylation is 1. The van der Waals surface area contributed by atoms with E-state index in [1.807, 2.05) is 72.8 Å². The summed E-state index contributed by atoms with van der Waals surface area (Å²) in [5.41, 5.74) is 2.92. The maximum atomic E-state index is 13.9. The smallest absolute Gasteiger partial charge is 0.328 e. The van der Waals surface area contributed by atoms with Gasteiger partial charge in [-0.1, -0.05) is 72.8 Å². The Morgan fingerprint density at radius 3 is 2.14 bits per heavy atom. The Hall–Kier alpha value is -3.12. The van der Waals surface area contributed by atoms with E-state index in [0.29, 0.717) is 13.0 Å². The molecule has 4 nitrogen and oxygen atoms in total. The number of esters is 1. The van der Waals surface area contributed by atoms with Crippen molar-refractivity contribution < 1.29 is 18.7 Å². The predicted octanol–water partition coefficient (Wildman–Crippen LogP) is 5.47. The van der Waals surface area contributed by atoms with Gasteiger partial charge in [-0.2, -0.15) is 11.8 Å². The number of hydrogen-bond donors (Lipinski definition) is 0. The van der Waals surface area contributed by atoms with Crippen molar-refractivity contribution in [2.24, 2.45) is 0 Å². The van der Waals surface area contributed by atoms with Crippen LogP contribution in [-0.2, 0) is 20.7 Å². The van der Waals surface area contributed by atoms with Gasteiger partial charge in [0.15, 0.2) is 0 Å². The minimum Gasteiger partial charge on any atom is -0.467 e. The fourth-order valence-corrected chi connectivity index (χ4v) is 5.86. The highest BCUT2D eigenvalue weighted by Gasteiger charge is 2.43. The first-order valence-electron chi connectivity index (χ1n) is 11.9. The van der Waals surface area contributed by atoms with Crippen molar-refractivity contribution in [1.82, 2.24) is 4.90 Å². The van der Waals surface area contributed by atoms with Crippen LogP contribution in [-0.4, -0.2) is 47.5 Å². The fourth-order valence-electron chi connectivity index (χ4n) is 4.63. The Morgan fingerprint density at radius 2 is 1.57 bits per heavy atom. The average Bonchev–Trinajstić information content (AvgIpc) is 3.33. The van der Waals surface area contributed by atoms with Gasteiger partial charge in [0.1, 0.15) is 11.9 Å². The average molecular weight is 492 g/mol. The van der Waals surface area contributed by atoms with Gasteiger partial charge in [-0.15, -0.1) is 0 Å². The summed E-state index contributed by atoms with van der Waals surface area (Å²) in [6.07, 6.45) is 2.39. The number of rotatable bonds is 9. The van der Waals surface area contributed by atoms with Crippen LogP contribution in [0, 0.1) is 5.82 Å². The van der Waals surface area contributed by atoms with Gasteiger partial charge in [-0.05, 0) is 53.8 Å². The standard InChI is InChI=1S/C29H30FNO3S/c1-34-29(33)26-19-25(35-18-8-9-21-14-16-24(30)17-15-21)20-31(26)28(32)27(22-10-4-2-5-11-22)23-12-6-3-7-13-23/h2-7,10-17,25-27H,8-9,18-20H2,1H3. The van der Waals surface area contributed by atoms with E-state index in [9.17, 15) is 14.0 Å². The first-order chi connectivity index (χ1) is 17.1. The van der Waals surface area contributed by atoms with Crippen molar-refractivity contribution in [3.8, 4) is 0 Å². The topological polar surface area (TPSA) is 46.6 Å². The predicted molar refractivity (Wildman–Crippen MR) is 138 cm³/mol. The molecule has 1 aliphatic rings. The van der Waals surface area contributed by atoms with Crippen molar-refractivity contribution >= 4 is 23.6 Å². The third-order valence-corrected chi connectivity index (χ3v) is 7.75. The molecule has 0 aliphatic carbocycles. The molecule has 0 aromatic heterocycles. The first-order valence-corrected chi connectivity index (χ1v) is 13.0. The highest BCUT2D eigenvalue weighted by atomic mass is 32.2. The van der Waals surface area contributed by atoms with Crippen LogP contribution < -0.4 is 0 Å². The number of nitrogens with zero attached hydrogens (tertiary/aromatic N) is 1. The molecule has 1 aliphatic heterocycles. The summed E-state index contributed by atoms with van der Waals surface area (Å²) in [5.74, 6) is -0.248. The molecule has 0 bridgehead atoms. The lowest BCUT2D eigenvalue weighted by Gasteiger charge is -2.28. The molecule has 6 heteroatoms. The summed E-state index contributed by atoms with van der Waals surface area (Å²) in [7, 11) is 1.38. The zero-order chi connectivity index (χ0) is 24.6. The number of ether oxygens (including phenoxy) is 1. The second kappa shape index (κ2) is 12.0. The number of carbonyl (C=O) groups is 2. The van der Waals surface area contributed by atoms with E-state index in [-0.39, 0.29) is 22.9 Å². The Kier molecular flexibility index (Phi) is 8.59. The molecule has 0 radical (unpaired) electrons. The van der Waals surface area contributed by atoms with Gasteiger partial charge in [0.05, 0.1) is 13.0 Å². The fraction of sp³-hybridized carbons (Fsp3) is 0.310. The van der Waals surface area contributed by atoms with E-state index in [2.05, 4.69) is 0 Å². The molecule has 4 rings (SSSR count). The molecule has 1 saturated heterocycles. The first kappa shape index (κ1) is 25.0. The molecule has 3 aromatic rings. The zero-order valence-electron chi connectivity index (χ0n) is 19.8. The molecule has 1 heterocycles. The monoisotopic (exact) mass is 491 g/mol. The van der Waals surface area contributed by atoms with Gasteiger partial charge in [0, 0.05) is 11.8 Å². The molecule has 182 valence electrons. The Labute approximate surface area is 210 Å². The van der Waals surface area contributed by atoms with Crippen LogP contribution in [0.5, 0.6) is 0 Å². The molecule has 35 heavy (non-hydrogen) atoms. The quantitative estimate of drug-likeness (QED) is 0.294. The minimum absolute atomic E-state index is 0.0767. The second-order valence-corrected chi connectivity index (χ2v) is 10.2. The summed E-state index contributed by atoms with van der Waals surface area (Å²) in [5, 5.41) is 0.156. The number of halogens is 1. The van der Waals surface area contributed by atoms with Crippen LogP contribution in [0.4, 0.5) is 4.39 Å². The molecule has 0 saturated carbocycles. The van der Waals surface area contributed by atoms with Gasteiger partial charge in [-0.25, -0.2) is 9.18 Å². The van der Waals surface area contributed by atoms with Crippen LogP contribution in [0.1, 0.15) is 35.4 Å². The van der Waals surface area contributed by atoms with E-state index in [4.69, 9.17) is 4.74 Å². The summed E-state index contributed by atoms with van der Waals surface area (Å²) >= 11 is 1.79. The molecular formula is C29H30FNO3S. The number of carbonyl (C=O) groups excluding carboxylic acids is 2. The van der Waals surface area contributed by atoms with Crippen molar-refractivity contribution in [1.29, 1.82) is 0 Å². The van der Waals surface area contributed by atoms with Gasteiger partial charge in [-0.3, -0.25) is 4.79 Å². The van der Waals surface area contributed by atoms with Gasteiger partial charge < -0.3 is 9.64 Å². The highest BCUT2D eigenvalue weighted by molar-refractivity contribution is 7.99. The van der Waals surface area contributed by atoms with E-state index in [1.54, 1.807) is 16.7 Å². The molecule has 2 atom stereocenters. The number of benzene rings is 3. The van der Waals surface area contributed by atoms with E-state index in [1.165, 1.54) is 19.2 Å². The SMILES string of the molecule is COC(=O)C1CC(SCCCc2ccc(F)cc2)CN1C(=O)C(c1ccccc1)c1ccccc1. The summed E-state index contributed by atoms with van der Waals surface area (Å²) < 4.78 is 18.2. The van der Waals surface area contributed by atoms with Crippen molar-refractivity contribution in [2.75, 3.05) is 19.4 Å². The number of amides is 1. The lowest BCUT2D eigenvalue weighted by Crippen LogP contribution is -2.43. The molecule has 0 spiro atoms. The van der Waals surface area contributed by atoms with Crippen molar-refractivity contribution in [3.63, 3.8) is 0 Å². The van der Waals surface area contributed by atoms with Crippen LogP contribution >= 0.6 is 11.8 Å². The van der Waals surface area contributed by atoms with Crippen LogP contribution in [0.25, 0.3) is 0 Å². The molecule has 1 amide bonds. The minimum atomic E-state index is -0.586. The molecule has 3 aromatic carbocycles. The summed E-state index contributed by atoms with van der Waals surface area (Å²) in [4.78, 5) is 28.3. The Morgan fingerprint density at radius 1 is 0.971 bits per heavy atom. The summed E-state index contributed by atoms with van der Waals surface area (Å²) in [6, 6.07) is 25.4. The highest BCUT2D eigenvalue weighted by Crippen LogP contribution is 2.34. The molecule has 1 fully saturated rings. The second-order valence-electron chi connectivity index (χ2n) is 8.74. The van der Waals surface area contributed by atoms with Gasteiger partial charge in [0.2, 0.25) is 5.91 Å². The van der Waals surface area contributed by atoms with E-state index >= 15 is 0 Å². The Bertz CT molecular complexity index is 1070. The Balaban J connectivity index is 1.46. The largest absolute Gasteiger partial charge is 0.467 e. The van der Waals surface area contributed by atoms with Crippen LogP contribution in [0.15, 0.2) is 84.9 Å². The van der Waals surface area contributed by atoms with Crippen LogP contribution in [0.3, 0.4) is 0 Å². The summed E-state index contributed by atoms with van der Waals surface area (Å²) in [6.45, 7) is 0.510. The maximum Gasteiger partial charge on any atom is 0.328 e. The van der Waals surface area contributed by atoms with Crippen LogP contribution in [0.2, 0.25) is 0 Å². The lowest BCUT2D eigenvalue weighted by molar-refractivity contribution is -0.151. The molecule has 0 N–H and O–H groups in total. The van der Waals surface area contributed by atoms with Crippen molar-refractivity contribution in [3.05, 3.63) is 107 Å². The number of hydrogen-bond acceptors (Lipinski definition) is 4. The number of methoxy groups -OCH3 is 1. The lowest BCUT2D eigenvalue weighted by atomic mass is 9.90.